The third-order valence-electron chi connectivity index (χ3n) is 4.45. The van der Waals surface area contributed by atoms with Gasteiger partial charge in [0.25, 0.3) is 5.91 Å². The minimum atomic E-state index is -0.562. The summed E-state index contributed by atoms with van der Waals surface area (Å²) < 4.78 is 0. The smallest absolute Gasteiger partial charge is 0.266 e. The summed E-state index contributed by atoms with van der Waals surface area (Å²) in [4.78, 5) is 19.6. The van der Waals surface area contributed by atoms with Gasteiger partial charge in [0, 0.05) is 30.1 Å². The Morgan fingerprint density at radius 1 is 1.41 bits per heavy atom. The lowest BCUT2D eigenvalue weighted by Crippen LogP contribution is -2.42. The number of benzene rings is 1. The summed E-state index contributed by atoms with van der Waals surface area (Å²) in [6.07, 6.45) is 2.27. The molecule has 0 N–H and O–H groups in total. The number of carbonyl (C=O) groups excluding carboxylic acids is 1. The van der Waals surface area contributed by atoms with Crippen molar-refractivity contribution in [2.45, 2.75) is 38.3 Å². The van der Waals surface area contributed by atoms with Crippen LogP contribution in [-0.2, 0) is 9.63 Å². The van der Waals surface area contributed by atoms with Crippen LogP contribution in [-0.4, -0.2) is 35.7 Å². The van der Waals surface area contributed by atoms with Crippen LogP contribution in [0.2, 0.25) is 10.0 Å². The van der Waals surface area contributed by atoms with E-state index in [1.54, 1.807) is 23.1 Å². The molecule has 3 rings (SSSR count). The van der Waals surface area contributed by atoms with Crippen molar-refractivity contribution in [3.63, 3.8) is 0 Å². The van der Waals surface area contributed by atoms with Crippen molar-refractivity contribution in [3.8, 4) is 0 Å². The Labute approximate surface area is 140 Å². The molecule has 1 aromatic rings. The van der Waals surface area contributed by atoms with Gasteiger partial charge >= 0.3 is 0 Å². The van der Waals surface area contributed by atoms with Crippen molar-refractivity contribution in [2.24, 2.45) is 11.1 Å². The van der Waals surface area contributed by atoms with Crippen LogP contribution < -0.4 is 0 Å². The van der Waals surface area contributed by atoms with E-state index < -0.39 is 6.10 Å². The molecule has 1 amide bonds. The van der Waals surface area contributed by atoms with E-state index in [4.69, 9.17) is 28.0 Å². The zero-order valence-electron chi connectivity index (χ0n) is 12.6. The largest absolute Gasteiger partial charge is 0.382 e. The van der Waals surface area contributed by atoms with Gasteiger partial charge < -0.3 is 9.74 Å². The van der Waals surface area contributed by atoms with Crippen LogP contribution in [0.25, 0.3) is 0 Å². The quantitative estimate of drug-likeness (QED) is 0.837. The van der Waals surface area contributed by atoms with Crippen LogP contribution >= 0.6 is 23.2 Å². The summed E-state index contributed by atoms with van der Waals surface area (Å²) >= 11 is 12.1. The fourth-order valence-electron chi connectivity index (χ4n) is 2.72. The van der Waals surface area contributed by atoms with Gasteiger partial charge in [-0.25, -0.2) is 0 Å². The van der Waals surface area contributed by atoms with Crippen molar-refractivity contribution < 1.29 is 9.63 Å². The van der Waals surface area contributed by atoms with Gasteiger partial charge in [-0.15, -0.1) is 0 Å². The average molecular weight is 341 g/mol. The number of hydrogen-bond donors (Lipinski definition) is 0. The number of carbonyl (C=O) groups is 1. The van der Waals surface area contributed by atoms with E-state index in [2.05, 4.69) is 12.1 Å². The normalized spacial score (nSPS) is 22.0. The molecule has 0 radical (unpaired) electrons. The highest BCUT2D eigenvalue weighted by Gasteiger charge is 2.37. The first-order valence-electron chi connectivity index (χ1n) is 7.42. The first kappa shape index (κ1) is 15.6. The van der Waals surface area contributed by atoms with E-state index in [0.29, 0.717) is 28.1 Å². The van der Waals surface area contributed by atoms with Gasteiger partial charge in [-0.05, 0) is 37.8 Å². The summed E-state index contributed by atoms with van der Waals surface area (Å²) in [5, 5.41) is 5.13. The van der Waals surface area contributed by atoms with E-state index in [1.165, 1.54) is 12.8 Å². The van der Waals surface area contributed by atoms with Gasteiger partial charge in [0.2, 0.25) is 6.10 Å². The average Bonchev–Trinajstić information content (AvgIpc) is 3.23. The van der Waals surface area contributed by atoms with Crippen LogP contribution in [0.15, 0.2) is 23.4 Å². The Morgan fingerprint density at radius 3 is 2.77 bits per heavy atom. The molecule has 1 fully saturated rings. The Kier molecular flexibility index (Phi) is 4.33. The molecule has 1 heterocycles. The number of amides is 1. The Bertz CT molecular complexity index is 629. The Balaban J connectivity index is 1.67. The third kappa shape index (κ3) is 3.08. The molecule has 4 nitrogen and oxygen atoms in total. The van der Waals surface area contributed by atoms with Crippen molar-refractivity contribution >= 4 is 34.8 Å². The van der Waals surface area contributed by atoms with Crippen molar-refractivity contribution in [1.29, 1.82) is 0 Å². The first-order chi connectivity index (χ1) is 10.5. The monoisotopic (exact) mass is 340 g/mol. The highest BCUT2D eigenvalue weighted by molar-refractivity contribution is 6.37. The van der Waals surface area contributed by atoms with Crippen molar-refractivity contribution in [1.82, 2.24) is 4.90 Å². The Hall–Kier alpha value is -1.26. The van der Waals surface area contributed by atoms with Gasteiger partial charge in [-0.3, -0.25) is 4.79 Å². The number of halogens is 2. The van der Waals surface area contributed by atoms with Crippen molar-refractivity contribution in [3.05, 3.63) is 33.8 Å². The molecule has 0 bridgehead atoms. The zero-order chi connectivity index (χ0) is 15.9. The molecule has 1 aromatic carbocycles. The second kappa shape index (κ2) is 6.09. The summed E-state index contributed by atoms with van der Waals surface area (Å²) in [6.45, 7) is 2.09. The molecule has 22 heavy (non-hydrogen) atoms. The minimum Gasteiger partial charge on any atom is -0.382 e. The van der Waals surface area contributed by atoms with Crippen molar-refractivity contribution in [2.75, 3.05) is 7.05 Å². The number of likely N-dealkylation sites (N-methyl/N-ethyl adjacent to an activating group) is 1. The topological polar surface area (TPSA) is 41.9 Å². The molecule has 1 aliphatic carbocycles. The molecule has 0 spiro atoms. The maximum Gasteiger partial charge on any atom is 0.266 e. The van der Waals surface area contributed by atoms with E-state index in [-0.39, 0.29) is 11.9 Å². The number of rotatable bonds is 4. The molecule has 0 unspecified atom stereocenters. The van der Waals surface area contributed by atoms with Crippen LogP contribution in [0.5, 0.6) is 0 Å². The molecule has 0 aromatic heterocycles. The summed E-state index contributed by atoms with van der Waals surface area (Å²) in [5.74, 6) is 0.602. The number of nitrogens with zero attached hydrogens (tertiary/aromatic N) is 2. The van der Waals surface area contributed by atoms with Gasteiger partial charge in [0.05, 0.1) is 10.7 Å². The molecule has 6 heteroatoms. The molecule has 2 aliphatic rings. The van der Waals surface area contributed by atoms with E-state index in [9.17, 15) is 4.79 Å². The highest BCUT2D eigenvalue weighted by Crippen LogP contribution is 2.35. The molecule has 0 saturated heterocycles. The molecule has 118 valence electrons. The lowest BCUT2D eigenvalue weighted by Gasteiger charge is -2.26. The van der Waals surface area contributed by atoms with Gasteiger partial charge in [0.1, 0.15) is 0 Å². The van der Waals surface area contributed by atoms with Crippen LogP contribution in [0.4, 0.5) is 0 Å². The zero-order valence-corrected chi connectivity index (χ0v) is 14.1. The predicted molar refractivity (Wildman–Crippen MR) is 87.4 cm³/mol. The summed E-state index contributed by atoms with van der Waals surface area (Å²) in [6, 6.07) is 5.47. The summed E-state index contributed by atoms with van der Waals surface area (Å²) in [7, 11) is 1.84. The highest BCUT2D eigenvalue weighted by atomic mass is 35.5. The van der Waals surface area contributed by atoms with Gasteiger partial charge in [-0.2, -0.15) is 0 Å². The lowest BCUT2D eigenvalue weighted by molar-refractivity contribution is -0.142. The molecule has 2 atom stereocenters. The fraction of sp³-hybridized carbons (Fsp3) is 0.500. The van der Waals surface area contributed by atoms with E-state index >= 15 is 0 Å². The standard InChI is InChI=1S/C16H18Cl2N2O2/c1-9(10-3-4-10)20(2)16(21)15-8-14(19-22-15)12-6-5-11(17)7-13(12)18/h5-7,9-10,15H,3-4,8H2,1-2H3/t9-,15-/m0/s1. The predicted octanol–water partition coefficient (Wildman–Crippen LogP) is 3.74. The second-order valence-corrected chi connectivity index (χ2v) is 6.83. The van der Waals surface area contributed by atoms with E-state index in [1.807, 2.05) is 7.05 Å². The number of oxime groups is 1. The van der Waals surface area contributed by atoms with Crippen LogP contribution in [0.1, 0.15) is 31.7 Å². The second-order valence-electron chi connectivity index (χ2n) is 5.99. The first-order valence-corrected chi connectivity index (χ1v) is 8.17. The fourth-order valence-corrected chi connectivity index (χ4v) is 3.23. The molecular formula is C16H18Cl2N2O2. The molecular weight excluding hydrogens is 323 g/mol. The maximum absolute atomic E-state index is 12.5. The molecule has 1 saturated carbocycles. The molecule has 1 aliphatic heterocycles. The third-order valence-corrected chi connectivity index (χ3v) is 5.00. The Morgan fingerprint density at radius 2 is 2.14 bits per heavy atom. The van der Waals surface area contributed by atoms with E-state index in [0.717, 1.165) is 5.56 Å². The lowest BCUT2D eigenvalue weighted by atomic mass is 10.0. The summed E-state index contributed by atoms with van der Waals surface area (Å²) in [5.41, 5.74) is 1.45. The minimum absolute atomic E-state index is 0.0248. The number of hydrogen-bond acceptors (Lipinski definition) is 3. The van der Waals surface area contributed by atoms with Crippen LogP contribution in [0.3, 0.4) is 0 Å². The maximum atomic E-state index is 12.5. The van der Waals surface area contributed by atoms with Crippen LogP contribution in [0, 0.1) is 5.92 Å². The van der Waals surface area contributed by atoms with Gasteiger partial charge in [-0.1, -0.05) is 34.4 Å². The van der Waals surface area contributed by atoms with Gasteiger partial charge in [0.15, 0.2) is 0 Å². The SMILES string of the molecule is C[C@@H](C1CC1)N(C)C(=O)[C@@H]1CC(c2ccc(Cl)cc2Cl)=NO1.